The van der Waals surface area contributed by atoms with E-state index in [2.05, 4.69) is 16.9 Å². The SMILES string of the molecule is COc1ccc(S(=O)(=O)NCC(C)Cc2ccccc2)cc1. The fraction of sp³-hybridized carbons (Fsp3) is 0.294. The summed E-state index contributed by atoms with van der Waals surface area (Å²) in [5.41, 5.74) is 1.21. The molecule has 0 aliphatic rings. The Bertz CT molecular complexity index is 682. The van der Waals surface area contributed by atoms with E-state index in [0.717, 1.165) is 6.42 Å². The number of hydrogen-bond acceptors (Lipinski definition) is 3. The standard InChI is InChI=1S/C17H21NO3S/c1-14(12-15-6-4-3-5-7-15)13-18-22(19,20)17-10-8-16(21-2)9-11-17/h3-11,14,18H,12-13H2,1-2H3. The fourth-order valence-corrected chi connectivity index (χ4v) is 3.34. The van der Waals surface area contributed by atoms with Crippen LogP contribution in [-0.4, -0.2) is 22.1 Å². The van der Waals surface area contributed by atoms with Gasteiger partial charge in [-0.2, -0.15) is 0 Å². The van der Waals surface area contributed by atoms with Gasteiger partial charge >= 0.3 is 0 Å². The van der Waals surface area contributed by atoms with E-state index in [-0.39, 0.29) is 10.8 Å². The maximum absolute atomic E-state index is 12.2. The van der Waals surface area contributed by atoms with Gasteiger partial charge in [-0.25, -0.2) is 13.1 Å². The molecule has 118 valence electrons. The van der Waals surface area contributed by atoms with Crippen LogP contribution in [-0.2, 0) is 16.4 Å². The van der Waals surface area contributed by atoms with Crippen LogP contribution in [0.2, 0.25) is 0 Å². The molecule has 2 rings (SSSR count). The van der Waals surface area contributed by atoms with Crippen molar-refractivity contribution < 1.29 is 13.2 Å². The van der Waals surface area contributed by atoms with Gasteiger partial charge in [-0.05, 0) is 42.2 Å². The van der Waals surface area contributed by atoms with Gasteiger partial charge in [0, 0.05) is 6.54 Å². The molecule has 0 spiro atoms. The zero-order valence-electron chi connectivity index (χ0n) is 12.8. The number of sulfonamides is 1. The molecule has 0 heterocycles. The lowest BCUT2D eigenvalue weighted by Crippen LogP contribution is -2.29. The number of ether oxygens (including phenoxy) is 1. The molecule has 1 N–H and O–H groups in total. The number of hydrogen-bond donors (Lipinski definition) is 1. The molecule has 0 saturated carbocycles. The molecular formula is C17H21NO3S. The van der Waals surface area contributed by atoms with Crippen LogP contribution in [0, 0.1) is 5.92 Å². The van der Waals surface area contributed by atoms with E-state index >= 15 is 0 Å². The zero-order chi connectivity index (χ0) is 16.0. The van der Waals surface area contributed by atoms with E-state index in [0.29, 0.717) is 12.3 Å². The van der Waals surface area contributed by atoms with Crippen molar-refractivity contribution in [1.82, 2.24) is 4.72 Å². The predicted molar refractivity (Wildman–Crippen MR) is 87.5 cm³/mol. The highest BCUT2D eigenvalue weighted by atomic mass is 32.2. The first-order chi connectivity index (χ1) is 10.5. The molecule has 0 saturated heterocycles. The van der Waals surface area contributed by atoms with Crippen molar-refractivity contribution in [2.75, 3.05) is 13.7 Å². The van der Waals surface area contributed by atoms with Gasteiger partial charge in [0.1, 0.15) is 5.75 Å². The maximum Gasteiger partial charge on any atom is 0.240 e. The number of methoxy groups -OCH3 is 1. The van der Waals surface area contributed by atoms with Crippen molar-refractivity contribution in [1.29, 1.82) is 0 Å². The maximum atomic E-state index is 12.2. The highest BCUT2D eigenvalue weighted by molar-refractivity contribution is 7.89. The van der Waals surface area contributed by atoms with Crippen LogP contribution in [0.1, 0.15) is 12.5 Å². The van der Waals surface area contributed by atoms with Gasteiger partial charge < -0.3 is 4.74 Å². The van der Waals surface area contributed by atoms with Crippen molar-refractivity contribution in [2.24, 2.45) is 5.92 Å². The summed E-state index contributed by atoms with van der Waals surface area (Å²) in [7, 11) is -1.93. The van der Waals surface area contributed by atoms with Crippen LogP contribution in [0.15, 0.2) is 59.5 Å². The molecule has 5 heteroatoms. The first kappa shape index (κ1) is 16.5. The summed E-state index contributed by atoms with van der Waals surface area (Å²) in [6.07, 6.45) is 0.839. The average Bonchev–Trinajstić information content (AvgIpc) is 2.54. The van der Waals surface area contributed by atoms with E-state index in [1.165, 1.54) is 5.56 Å². The Balaban J connectivity index is 1.94. The lowest BCUT2D eigenvalue weighted by molar-refractivity contribution is 0.414. The fourth-order valence-electron chi connectivity index (χ4n) is 2.18. The molecule has 0 aliphatic heterocycles. The summed E-state index contributed by atoms with van der Waals surface area (Å²) in [5, 5.41) is 0. The minimum absolute atomic E-state index is 0.218. The Morgan fingerprint density at radius 2 is 1.68 bits per heavy atom. The number of nitrogens with one attached hydrogen (secondary N) is 1. The van der Waals surface area contributed by atoms with Crippen molar-refractivity contribution in [2.45, 2.75) is 18.2 Å². The molecule has 0 radical (unpaired) electrons. The molecule has 22 heavy (non-hydrogen) atoms. The Labute approximate surface area is 132 Å². The number of benzene rings is 2. The molecular weight excluding hydrogens is 298 g/mol. The molecule has 0 aromatic heterocycles. The Morgan fingerprint density at radius 1 is 1.05 bits per heavy atom. The van der Waals surface area contributed by atoms with E-state index in [1.807, 2.05) is 25.1 Å². The van der Waals surface area contributed by atoms with Crippen LogP contribution >= 0.6 is 0 Å². The molecule has 2 aromatic rings. The molecule has 4 nitrogen and oxygen atoms in total. The van der Waals surface area contributed by atoms with E-state index in [1.54, 1.807) is 31.4 Å². The monoisotopic (exact) mass is 319 g/mol. The summed E-state index contributed by atoms with van der Waals surface area (Å²) in [6.45, 7) is 2.44. The molecule has 0 bridgehead atoms. The molecule has 1 unspecified atom stereocenters. The van der Waals surface area contributed by atoms with Crippen LogP contribution in [0.5, 0.6) is 5.75 Å². The van der Waals surface area contributed by atoms with Crippen LogP contribution in [0.3, 0.4) is 0 Å². The van der Waals surface area contributed by atoms with Gasteiger partial charge in [0.2, 0.25) is 10.0 Å². The minimum atomic E-state index is -3.48. The first-order valence-corrected chi connectivity index (χ1v) is 8.67. The second-order valence-corrected chi connectivity index (χ2v) is 7.09. The second kappa shape index (κ2) is 7.42. The highest BCUT2D eigenvalue weighted by Gasteiger charge is 2.15. The van der Waals surface area contributed by atoms with Gasteiger partial charge in [0.05, 0.1) is 12.0 Å². The molecule has 2 aromatic carbocycles. The lowest BCUT2D eigenvalue weighted by atomic mass is 10.0. The van der Waals surface area contributed by atoms with Gasteiger partial charge in [0.15, 0.2) is 0 Å². The third-order valence-electron chi connectivity index (χ3n) is 3.42. The second-order valence-electron chi connectivity index (χ2n) is 5.32. The molecule has 1 atom stereocenters. The third kappa shape index (κ3) is 4.58. The van der Waals surface area contributed by atoms with Crippen LogP contribution in [0.4, 0.5) is 0 Å². The van der Waals surface area contributed by atoms with Crippen molar-refractivity contribution in [3.63, 3.8) is 0 Å². The molecule has 0 aliphatic carbocycles. The first-order valence-electron chi connectivity index (χ1n) is 7.19. The van der Waals surface area contributed by atoms with E-state index < -0.39 is 10.0 Å². The van der Waals surface area contributed by atoms with Crippen LogP contribution < -0.4 is 9.46 Å². The van der Waals surface area contributed by atoms with Crippen molar-refractivity contribution >= 4 is 10.0 Å². The largest absolute Gasteiger partial charge is 0.497 e. The van der Waals surface area contributed by atoms with Crippen molar-refractivity contribution in [3.05, 3.63) is 60.2 Å². The zero-order valence-corrected chi connectivity index (χ0v) is 13.6. The van der Waals surface area contributed by atoms with Gasteiger partial charge in [-0.1, -0.05) is 37.3 Å². The molecule has 0 fully saturated rings. The smallest absolute Gasteiger partial charge is 0.240 e. The topological polar surface area (TPSA) is 55.4 Å². The Hall–Kier alpha value is -1.85. The predicted octanol–water partition coefficient (Wildman–Crippen LogP) is 2.85. The highest BCUT2D eigenvalue weighted by Crippen LogP contribution is 2.16. The summed E-state index contributed by atoms with van der Waals surface area (Å²) in [6, 6.07) is 16.4. The number of rotatable bonds is 7. The van der Waals surface area contributed by atoms with E-state index in [4.69, 9.17) is 4.74 Å². The Morgan fingerprint density at radius 3 is 2.27 bits per heavy atom. The summed E-state index contributed by atoms with van der Waals surface area (Å²) < 4.78 is 32.2. The average molecular weight is 319 g/mol. The minimum Gasteiger partial charge on any atom is -0.497 e. The van der Waals surface area contributed by atoms with E-state index in [9.17, 15) is 8.42 Å². The van der Waals surface area contributed by atoms with Crippen LogP contribution in [0.25, 0.3) is 0 Å². The van der Waals surface area contributed by atoms with Crippen molar-refractivity contribution in [3.8, 4) is 5.75 Å². The lowest BCUT2D eigenvalue weighted by Gasteiger charge is -2.13. The molecule has 0 amide bonds. The summed E-state index contributed by atoms with van der Waals surface area (Å²) in [4.78, 5) is 0.250. The Kier molecular flexibility index (Phi) is 5.57. The summed E-state index contributed by atoms with van der Waals surface area (Å²) in [5.74, 6) is 0.854. The normalized spacial score (nSPS) is 12.8. The van der Waals surface area contributed by atoms with Gasteiger partial charge in [-0.15, -0.1) is 0 Å². The third-order valence-corrected chi connectivity index (χ3v) is 4.86. The van der Waals surface area contributed by atoms with Gasteiger partial charge in [-0.3, -0.25) is 0 Å². The van der Waals surface area contributed by atoms with Gasteiger partial charge in [0.25, 0.3) is 0 Å². The summed E-state index contributed by atoms with van der Waals surface area (Å²) >= 11 is 0. The quantitative estimate of drug-likeness (QED) is 0.854.